The summed E-state index contributed by atoms with van der Waals surface area (Å²) in [5.74, 6) is 0. The lowest BCUT2D eigenvalue weighted by Crippen LogP contribution is -2.17. The lowest BCUT2D eigenvalue weighted by Gasteiger charge is -1.93. The van der Waals surface area contributed by atoms with Gasteiger partial charge in [-0.3, -0.25) is 14.6 Å². The van der Waals surface area contributed by atoms with Gasteiger partial charge >= 0.3 is 0 Å². The fourth-order valence-corrected chi connectivity index (χ4v) is 1.45. The molecule has 0 fully saturated rings. The Morgan fingerprint density at radius 2 is 1.92 bits per heavy atom. The molecular weight excluding hydrogens is 152 g/mol. The molecule has 0 aliphatic rings. The first-order valence-electron chi connectivity index (χ1n) is 4.55. The Hall–Kier alpha value is -0.990. The van der Waals surface area contributed by atoms with E-state index in [4.69, 9.17) is 0 Å². The summed E-state index contributed by atoms with van der Waals surface area (Å²) in [6.45, 7) is 6.77. The van der Waals surface area contributed by atoms with Gasteiger partial charge in [-0.05, 0) is 19.8 Å². The number of hydrogen-bond acceptors (Lipinski definition) is 1. The summed E-state index contributed by atoms with van der Waals surface area (Å²) in [6.07, 6.45) is 1.73. The van der Waals surface area contributed by atoms with Crippen molar-refractivity contribution in [2.75, 3.05) is 0 Å². The Labute approximate surface area is 72.4 Å². The molecular formula is C9H16N2O. The van der Waals surface area contributed by atoms with Crippen molar-refractivity contribution in [3.05, 3.63) is 21.6 Å². The van der Waals surface area contributed by atoms with E-state index in [-0.39, 0.29) is 5.56 Å². The number of aromatic amines is 1. The quantitative estimate of drug-likeness (QED) is 0.726. The highest BCUT2D eigenvalue weighted by atomic mass is 16.1. The largest absolute Gasteiger partial charge is 0.299 e. The highest BCUT2D eigenvalue weighted by molar-refractivity contribution is 5.16. The van der Waals surface area contributed by atoms with E-state index in [1.165, 1.54) is 0 Å². The van der Waals surface area contributed by atoms with Gasteiger partial charge < -0.3 is 0 Å². The van der Waals surface area contributed by atoms with E-state index in [2.05, 4.69) is 12.0 Å². The summed E-state index contributed by atoms with van der Waals surface area (Å²) in [6, 6.07) is 0. The van der Waals surface area contributed by atoms with Crippen LogP contribution in [0.5, 0.6) is 0 Å². The number of aromatic nitrogens is 2. The van der Waals surface area contributed by atoms with Crippen molar-refractivity contribution in [1.82, 2.24) is 9.78 Å². The molecule has 0 amide bonds. The maximum absolute atomic E-state index is 11.5. The topological polar surface area (TPSA) is 37.8 Å². The summed E-state index contributed by atoms with van der Waals surface area (Å²) in [7, 11) is 0. The van der Waals surface area contributed by atoms with Crippen LogP contribution in [0.1, 0.15) is 32.0 Å². The van der Waals surface area contributed by atoms with E-state index >= 15 is 0 Å². The lowest BCUT2D eigenvalue weighted by molar-refractivity contribution is 0.628. The van der Waals surface area contributed by atoms with Crippen LogP contribution in [0.25, 0.3) is 0 Å². The third-order valence-corrected chi connectivity index (χ3v) is 2.16. The number of aryl methyl sites for hydroxylation is 2. The highest BCUT2D eigenvalue weighted by Crippen LogP contribution is 2.02. The fourth-order valence-electron chi connectivity index (χ4n) is 1.45. The van der Waals surface area contributed by atoms with Crippen molar-refractivity contribution in [3.63, 3.8) is 0 Å². The molecule has 0 aliphatic heterocycles. The zero-order valence-corrected chi connectivity index (χ0v) is 7.98. The average Bonchev–Trinajstić information content (AvgIpc) is 2.41. The number of nitrogens with zero attached hydrogens (tertiary/aromatic N) is 1. The minimum Gasteiger partial charge on any atom is -0.299 e. The second-order valence-electron chi connectivity index (χ2n) is 2.83. The maximum Gasteiger partial charge on any atom is 0.269 e. The molecule has 0 bridgehead atoms. The maximum atomic E-state index is 11.5. The van der Waals surface area contributed by atoms with Crippen LogP contribution >= 0.6 is 0 Å². The minimum atomic E-state index is 0.150. The molecule has 0 spiro atoms. The highest BCUT2D eigenvalue weighted by Gasteiger charge is 2.08. The van der Waals surface area contributed by atoms with Crippen LogP contribution in [0.3, 0.4) is 0 Å². The molecule has 1 aromatic heterocycles. The van der Waals surface area contributed by atoms with Gasteiger partial charge in [0, 0.05) is 17.8 Å². The third-order valence-electron chi connectivity index (χ3n) is 2.16. The molecule has 1 heterocycles. The molecule has 0 saturated carbocycles. The average molecular weight is 168 g/mol. The molecule has 0 radical (unpaired) electrons. The third kappa shape index (κ3) is 1.31. The first-order chi connectivity index (χ1) is 5.74. The Morgan fingerprint density at radius 3 is 2.25 bits per heavy atom. The predicted octanol–water partition coefficient (Wildman–Crippen LogP) is 1.32. The van der Waals surface area contributed by atoms with Crippen LogP contribution in [-0.4, -0.2) is 9.78 Å². The van der Waals surface area contributed by atoms with Crippen molar-refractivity contribution >= 4 is 0 Å². The molecule has 0 aromatic carbocycles. The van der Waals surface area contributed by atoms with Gasteiger partial charge in [0.15, 0.2) is 0 Å². The van der Waals surface area contributed by atoms with Crippen LogP contribution in [-0.2, 0) is 19.4 Å². The van der Waals surface area contributed by atoms with E-state index in [1.807, 2.05) is 13.8 Å². The van der Waals surface area contributed by atoms with Crippen molar-refractivity contribution in [2.45, 2.75) is 40.2 Å². The second kappa shape index (κ2) is 3.61. The van der Waals surface area contributed by atoms with Crippen molar-refractivity contribution in [3.8, 4) is 0 Å². The summed E-state index contributed by atoms with van der Waals surface area (Å²) in [4.78, 5) is 11.5. The van der Waals surface area contributed by atoms with Gasteiger partial charge in [0.25, 0.3) is 5.56 Å². The van der Waals surface area contributed by atoms with E-state index in [0.717, 1.165) is 30.6 Å². The van der Waals surface area contributed by atoms with E-state index in [1.54, 1.807) is 4.68 Å². The van der Waals surface area contributed by atoms with E-state index in [0.29, 0.717) is 0 Å². The molecule has 1 rings (SSSR count). The molecule has 1 N–H and O–H groups in total. The number of rotatable bonds is 3. The second-order valence-corrected chi connectivity index (χ2v) is 2.83. The van der Waals surface area contributed by atoms with E-state index in [9.17, 15) is 4.79 Å². The lowest BCUT2D eigenvalue weighted by atomic mass is 10.1. The minimum absolute atomic E-state index is 0.150. The van der Waals surface area contributed by atoms with Crippen LogP contribution in [0, 0.1) is 0 Å². The summed E-state index contributed by atoms with van der Waals surface area (Å²) >= 11 is 0. The van der Waals surface area contributed by atoms with Gasteiger partial charge in [-0.1, -0.05) is 13.8 Å². The van der Waals surface area contributed by atoms with Crippen LogP contribution < -0.4 is 5.56 Å². The molecule has 0 saturated heterocycles. The van der Waals surface area contributed by atoms with Gasteiger partial charge in [0.1, 0.15) is 0 Å². The number of nitrogens with one attached hydrogen (secondary N) is 1. The van der Waals surface area contributed by atoms with Crippen LogP contribution in [0.15, 0.2) is 4.79 Å². The molecule has 0 aliphatic carbocycles. The van der Waals surface area contributed by atoms with Gasteiger partial charge in [-0.25, -0.2) is 0 Å². The monoisotopic (exact) mass is 168 g/mol. The standard InChI is InChI=1S/C9H16N2O/c1-4-7-8(5-2)10-11(6-3)9(7)12/h10H,4-6H2,1-3H3. The van der Waals surface area contributed by atoms with Gasteiger partial charge in [-0.15, -0.1) is 0 Å². The summed E-state index contributed by atoms with van der Waals surface area (Å²) in [5, 5.41) is 3.10. The molecule has 1 aromatic rings. The molecule has 12 heavy (non-hydrogen) atoms. The molecule has 68 valence electrons. The first-order valence-corrected chi connectivity index (χ1v) is 4.55. The predicted molar refractivity (Wildman–Crippen MR) is 49.5 cm³/mol. The van der Waals surface area contributed by atoms with Gasteiger partial charge in [-0.2, -0.15) is 0 Å². The zero-order chi connectivity index (χ0) is 9.14. The molecule has 0 unspecified atom stereocenters. The summed E-state index contributed by atoms with van der Waals surface area (Å²) in [5.41, 5.74) is 2.18. The molecule has 0 atom stereocenters. The molecule has 3 heteroatoms. The number of H-pyrrole nitrogens is 1. The summed E-state index contributed by atoms with van der Waals surface area (Å²) < 4.78 is 1.66. The smallest absolute Gasteiger partial charge is 0.269 e. The van der Waals surface area contributed by atoms with Crippen molar-refractivity contribution in [1.29, 1.82) is 0 Å². The van der Waals surface area contributed by atoms with E-state index < -0.39 is 0 Å². The van der Waals surface area contributed by atoms with Crippen LogP contribution in [0.4, 0.5) is 0 Å². The zero-order valence-electron chi connectivity index (χ0n) is 7.98. The van der Waals surface area contributed by atoms with Crippen molar-refractivity contribution < 1.29 is 0 Å². The normalized spacial score (nSPS) is 10.6. The fraction of sp³-hybridized carbons (Fsp3) is 0.667. The van der Waals surface area contributed by atoms with Gasteiger partial charge in [0.05, 0.1) is 0 Å². The Bertz CT molecular complexity index is 309. The van der Waals surface area contributed by atoms with Gasteiger partial charge in [0.2, 0.25) is 0 Å². The van der Waals surface area contributed by atoms with Crippen LogP contribution in [0.2, 0.25) is 0 Å². The van der Waals surface area contributed by atoms with Crippen molar-refractivity contribution in [2.24, 2.45) is 0 Å². The SMILES string of the molecule is CCc1[nH]n(CC)c(=O)c1CC. The Kier molecular flexibility index (Phi) is 2.74. The Balaban J connectivity index is 3.23. The molecule has 3 nitrogen and oxygen atoms in total. The number of hydrogen-bond donors (Lipinski definition) is 1. The first kappa shape index (κ1) is 9.10. The Morgan fingerprint density at radius 1 is 1.25 bits per heavy atom.